The van der Waals surface area contributed by atoms with Crippen LogP contribution in [0.5, 0.6) is 5.75 Å². The molecule has 0 unspecified atom stereocenters. The Balaban J connectivity index is 1.38. The first-order chi connectivity index (χ1) is 19.1. The number of morpholine rings is 1. The second-order valence-corrected chi connectivity index (χ2v) is 10.3. The van der Waals surface area contributed by atoms with E-state index in [4.69, 9.17) is 14.5 Å². The minimum Gasteiger partial charge on any atom is -0.497 e. The van der Waals surface area contributed by atoms with Crippen molar-refractivity contribution in [2.45, 2.75) is 18.1 Å². The second kappa shape index (κ2) is 12.8. The second-order valence-electron chi connectivity index (χ2n) is 9.31. The molecule has 5 rings (SSSR count). The summed E-state index contributed by atoms with van der Waals surface area (Å²) in [6.07, 6.45) is 0.763. The fourth-order valence-electron chi connectivity index (χ4n) is 4.54. The molecule has 1 aliphatic rings. The van der Waals surface area contributed by atoms with E-state index in [1.807, 2.05) is 72.8 Å². The number of hydrogen-bond acceptors (Lipinski definition) is 7. The van der Waals surface area contributed by atoms with Crippen molar-refractivity contribution in [3.05, 3.63) is 94.3 Å². The predicted molar refractivity (Wildman–Crippen MR) is 155 cm³/mol. The summed E-state index contributed by atoms with van der Waals surface area (Å²) < 4.78 is 12.4. The van der Waals surface area contributed by atoms with E-state index in [1.54, 1.807) is 11.7 Å². The summed E-state index contributed by atoms with van der Waals surface area (Å²) in [6.45, 7) is 3.80. The highest BCUT2D eigenvalue weighted by Crippen LogP contribution is 2.24. The Morgan fingerprint density at radius 2 is 1.79 bits per heavy atom. The third-order valence-corrected chi connectivity index (χ3v) is 7.67. The third-order valence-electron chi connectivity index (χ3n) is 6.69. The average Bonchev–Trinajstić information content (AvgIpc) is 2.99. The number of aromatic nitrogens is 2. The zero-order valence-corrected chi connectivity index (χ0v) is 22.8. The topological polar surface area (TPSA) is 85.7 Å². The van der Waals surface area contributed by atoms with Crippen molar-refractivity contribution in [3.8, 4) is 5.75 Å². The molecule has 1 N–H and O–H groups in total. The van der Waals surface area contributed by atoms with Gasteiger partial charge in [-0.1, -0.05) is 54.2 Å². The molecule has 39 heavy (non-hydrogen) atoms. The number of thioether (sulfide) groups is 1. The monoisotopic (exact) mass is 544 g/mol. The van der Waals surface area contributed by atoms with Gasteiger partial charge in [0.05, 0.1) is 43.5 Å². The van der Waals surface area contributed by atoms with Crippen molar-refractivity contribution in [2.75, 3.05) is 50.6 Å². The number of ether oxygens (including phenoxy) is 2. The van der Waals surface area contributed by atoms with Crippen molar-refractivity contribution >= 4 is 34.3 Å². The van der Waals surface area contributed by atoms with E-state index >= 15 is 0 Å². The Morgan fingerprint density at radius 3 is 2.54 bits per heavy atom. The van der Waals surface area contributed by atoms with Gasteiger partial charge in [-0.2, -0.15) is 0 Å². The summed E-state index contributed by atoms with van der Waals surface area (Å²) in [5.74, 6) is 0.824. The SMILES string of the molecule is COc1ccc(Cn2c(SCC(=O)NCCc3ccccc3)nc3ccc(N4CCOCC4)cc3c2=O)cc1. The highest BCUT2D eigenvalue weighted by atomic mass is 32.2. The standard InChI is InChI=1S/C30H32N4O4S/c1-37-25-10-7-23(8-11-25)20-34-29(36)26-19-24(33-15-17-38-18-16-33)9-12-27(26)32-30(34)39-21-28(35)31-14-13-22-5-3-2-4-6-22/h2-12,19H,13-18,20-21H2,1H3,(H,31,35). The molecule has 202 valence electrons. The molecule has 1 amide bonds. The molecule has 0 radical (unpaired) electrons. The van der Waals surface area contributed by atoms with Gasteiger partial charge in [-0.05, 0) is 47.9 Å². The fourth-order valence-corrected chi connectivity index (χ4v) is 5.37. The molecule has 2 heterocycles. The highest BCUT2D eigenvalue weighted by Gasteiger charge is 2.17. The van der Waals surface area contributed by atoms with Crippen LogP contribution in [0.15, 0.2) is 82.7 Å². The lowest BCUT2D eigenvalue weighted by atomic mass is 10.1. The zero-order valence-electron chi connectivity index (χ0n) is 22.0. The summed E-state index contributed by atoms with van der Waals surface area (Å²) >= 11 is 1.28. The van der Waals surface area contributed by atoms with Crippen LogP contribution in [0.4, 0.5) is 5.69 Å². The lowest BCUT2D eigenvalue weighted by molar-refractivity contribution is -0.118. The van der Waals surface area contributed by atoms with Crippen LogP contribution in [0, 0.1) is 0 Å². The van der Waals surface area contributed by atoms with Gasteiger partial charge in [0.1, 0.15) is 5.75 Å². The van der Waals surface area contributed by atoms with Gasteiger partial charge < -0.3 is 19.7 Å². The molecule has 4 aromatic rings. The van der Waals surface area contributed by atoms with Gasteiger partial charge in [-0.25, -0.2) is 4.98 Å². The van der Waals surface area contributed by atoms with Gasteiger partial charge in [-0.3, -0.25) is 14.2 Å². The number of carbonyl (C=O) groups is 1. The number of fused-ring (bicyclic) bond motifs is 1. The molecule has 1 fully saturated rings. The quantitative estimate of drug-likeness (QED) is 0.241. The number of hydrogen-bond donors (Lipinski definition) is 1. The van der Waals surface area contributed by atoms with Crippen molar-refractivity contribution in [1.29, 1.82) is 0 Å². The molecular weight excluding hydrogens is 512 g/mol. The number of rotatable bonds is 10. The molecule has 8 nitrogen and oxygen atoms in total. The molecule has 1 saturated heterocycles. The first-order valence-electron chi connectivity index (χ1n) is 13.0. The smallest absolute Gasteiger partial charge is 0.262 e. The van der Waals surface area contributed by atoms with Gasteiger partial charge in [-0.15, -0.1) is 0 Å². The molecule has 0 saturated carbocycles. The number of carbonyl (C=O) groups excluding carboxylic acids is 1. The van der Waals surface area contributed by atoms with E-state index in [9.17, 15) is 9.59 Å². The van der Waals surface area contributed by atoms with E-state index in [2.05, 4.69) is 10.2 Å². The number of nitrogens with zero attached hydrogens (tertiary/aromatic N) is 3. The maximum atomic E-state index is 13.8. The van der Waals surface area contributed by atoms with Crippen molar-refractivity contribution in [1.82, 2.24) is 14.9 Å². The zero-order chi connectivity index (χ0) is 27.0. The van der Waals surface area contributed by atoms with Gasteiger partial charge in [0.2, 0.25) is 5.91 Å². The first-order valence-corrected chi connectivity index (χ1v) is 14.0. The molecule has 9 heteroatoms. The lowest BCUT2D eigenvalue weighted by Gasteiger charge is -2.29. The lowest BCUT2D eigenvalue weighted by Crippen LogP contribution is -2.36. The highest BCUT2D eigenvalue weighted by molar-refractivity contribution is 7.99. The van der Waals surface area contributed by atoms with Crippen LogP contribution in [0.25, 0.3) is 10.9 Å². The maximum Gasteiger partial charge on any atom is 0.262 e. The van der Waals surface area contributed by atoms with Gasteiger partial charge in [0.25, 0.3) is 5.56 Å². The minimum absolute atomic E-state index is 0.0936. The summed E-state index contributed by atoms with van der Waals surface area (Å²) in [4.78, 5) is 33.5. The van der Waals surface area contributed by atoms with Gasteiger partial charge in [0, 0.05) is 25.3 Å². The predicted octanol–water partition coefficient (Wildman–Crippen LogP) is 3.74. The number of methoxy groups -OCH3 is 1. The number of nitrogens with one attached hydrogen (secondary N) is 1. The Hall–Kier alpha value is -3.82. The normalized spacial score (nSPS) is 13.4. The number of amides is 1. The van der Waals surface area contributed by atoms with Crippen LogP contribution in [0.1, 0.15) is 11.1 Å². The Bertz CT molecular complexity index is 1470. The van der Waals surface area contributed by atoms with Crippen LogP contribution in [-0.2, 0) is 22.5 Å². The average molecular weight is 545 g/mol. The molecule has 0 bridgehead atoms. The molecule has 0 aliphatic carbocycles. The Morgan fingerprint density at radius 1 is 1.03 bits per heavy atom. The van der Waals surface area contributed by atoms with Gasteiger partial charge >= 0.3 is 0 Å². The van der Waals surface area contributed by atoms with Crippen LogP contribution >= 0.6 is 11.8 Å². The summed E-state index contributed by atoms with van der Waals surface area (Å²) in [5.41, 5.74) is 3.59. The van der Waals surface area contributed by atoms with Crippen LogP contribution in [-0.4, -0.2) is 61.2 Å². The van der Waals surface area contributed by atoms with E-state index < -0.39 is 0 Å². The fraction of sp³-hybridized carbons (Fsp3) is 0.300. The molecule has 1 aromatic heterocycles. The van der Waals surface area contributed by atoms with E-state index in [-0.39, 0.29) is 17.2 Å². The minimum atomic E-state index is -0.127. The first kappa shape index (κ1) is 26.8. The largest absolute Gasteiger partial charge is 0.497 e. The van der Waals surface area contributed by atoms with Crippen molar-refractivity contribution in [3.63, 3.8) is 0 Å². The Kier molecular flexibility index (Phi) is 8.80. The van der Waals surface area contributed by atoms with E-state index in [0.717, 1.165) is 36.5 Å². The van der Waals surface area contributed by atoms with E-state index in [1.165, 1.54) is 17.3 Å². The summed E-state index contributed by atoms with van der Waals surface area (Å²) in [6, 6.07) is 23.5. The van der Waals surface area contributed by atoms with Crippen molar-refractivity contribution < 1.29 is 14.3 Å². The van der Waals surface area contributed by atoms with Crippen LogP contribution in [0.2, 0.25) is 0 Å². The summed E-state index contributed by atoms with van der Waals surface area (Å²) in [5, 5.41) is 4.05. The molecule has 3 aromatic carbocycles. The third kappa shape index (κ3) is 6.79. The number of anilines is 1. The molecule has 1 aliphatic heterocycles. The molecular formula is C30H32N4O4S. The van der Waals surface area contributed by atoms with Crippen molar-refractivity contribution in [2.24, 2.45) is 0 Å². The Labute approximate surface area is 232 Å². The van der Waals surface area contributed by atoms with E-state index in [0.29, 0.717) is 42.4 Å². The van der Waals surface area contributed by atoms with Gasteiger partial charge in [0.15, 0.2) is 5.16 Å². The summed E-state index contributed by atoms with van der Waals surface area (Å²) in [7, 11) is 1.62. The van der Waals surface area contributed by atoms with Crippen LogP contribution < -0.4 is 20.5 Å². The van der Waals surface area contributed by atoms with Crippen LogP contribution in [0.3, 0.4) is 0 Å². The maximum absolute atomic E-state index is 13.8. The molecule has 0 atom stereocenters. The molecule has 0 spiro atoms. The number of benzene rings is 3.